The van der Waals surface area contributed by atoms with E-state index in [-0.39, 0.29) is 12.0 Å². The number of carbonyl (C=O) groups is 1. The van der Waals surface area contributed by atoms with Gasteiger partial charge in [0.1, 0.15) is 0 Å². The molecular formula is C12H24N2O2S. The highest BCUT2D eigenvalue weighted by molar-refractivity contribution is 8.00. The molecule has 0 aromatic carbocycles. The van der Waals surface area contributed by atoms with Gasteiger partial charge in [0, 0.05) is 37.7 Å². The Morgan fingerprint density at radius 2 is 2.29 bits per heavy atom. The first-order valence-electron chi connectivity index (χ1n) is 6.20. The third-order valence-corrected chi connectivity index (χ3v) is 4.73. The Morgan fingerprint density at radius 3 is 2.82 bits per heavy atom. The number of hydrogen-bond acceptors (Lipinski definition) is 4. The second-order valence-electron chi connectivity index (χ2n) is 4.79. The van der Waals surface area contributed by atoms with Gasteiger partial charge in [-0.05, 0) is 5.92 Å². The van der Waals surface area contributed by atoms with Crippen LogP contribution in [0, 0.1) is 5.92 Å². The number of amides is 1. The molecule has 0 radical (unpaired) electrons. The zero-order chi connectivity index (χ0) is 12.8. The summed E-state index contributed by atoms with van der Waals surface area (Å²) in [7, 11) is 1.60. The molecule has 1 rings (SSSR count). The topological polar surface area (TPSA) is 55.6 Å². The standard InChI is InChI=1S/C12H24N2O2S/c1-9(2)11-8-14(4-5-17-11)12(15)6-10(7-13)16-3/h9-11H,4-8,13H2,1-3H3. The Bertz CT molecular complexity index is 245. The maximum atomic E-state index is 12.1. The van der Waals surface area contributed by atoms with Crippen LogP contribution in [0.1, 0.15) is 20.3 Å². The van der Waals surface area contributed by atoms with Gasteiger partial charge in [0.25, 0.3) is 0 Å². The van der Waals surface area contributed by atoms with Gasteiger partial charge in [-0.15, -0.1) is 0 Å². The minimum Gasteiger partial charge on any atom is -0.380 e. The monoisotopic (exact) mass is 260 g/mol. The molecule has 1 aliphatic heterocycles. The molecule has 1 fully saturated rings. The molecule has 0 aliphatic carbocycles. The van der Waals surface area contributed by atoms with Gasteiger partial charge in [0.15, 0.2) is 0 Å². The lowest BCUT2D eigenvalue weighted by molar-refractivity contribution is -0.133. The van der Waals surface area contributed by atoms with E-state index in [0.29, 0.717) is 24.1 Å². The molecule has 100 valence electrons. The fraction of sp³-hybridized carbons (Fsp3) is 0.917. The Kier molecular flexibility index (Phi) is 6.30. The molecule has 2 unspecified atom stereocenters. The van der Waals surface area contributed by atoms with E-state index in [0.717, 1.165) is 18.8 Å². The number of methoxy groups -OCH3 is 1. The van der Waals surface area contributed by atoms with E-state index in [9.17, 15) is 4.79 Å². The van der Waals surface area contributed by atoms with E-state index in [1.165, 1.54) is 0 Å². The van der Waals surface area contributed by atoms with Crippen LogP contribution in [0.25, 0.3) is 0 Å². The number of ether oxygens (including phenoxy) is 1. The van der Waals surface area contributed by atoms with Crippen LogP contribution in [0.3, 0.4) is 0 Å². The lowest BCUT2D eigenvalue weighted by Gasteiger charge is -2.35. The maximum absolute atomic E-state index is 12.1. The summed E-state index contributed by atoms with van der Waals surface area (Å²) in [4.78, 5) is 14.0. The third-order valence-electron chi connectivity index (χ3n) is 3.19. The zero-order valence-electron chi connectivity index (χ0n) is 11.0. The second-order valence-corrected chi connectivity index (χ2v) is 6.14. The van der Waals surface area contributed by atoms with Gasteiger partial charge in [0.05, 0.1) is 12.5 Å². The molecule has 1 heterocycles. The molecule has 0 saturated carbocycles. The molecule has 1 aliphatic rings. The highest BCUT2D eigenvalue weighted by atomic mass is 32.2. The summed E-state index contributed by atoms with van der Waals surface area (Å²) in [6.45, 7) is 6.54. The van der Waals surface area contributed by atoms with Crippen molar-refractivity contribution in [2.75, 3.05) is 32.5 Å². The molecule has 2 N–H and O–H groups in total. The van der Waals surface area contributed by atoms with Crippen molar-refractivity contribution >= 4 is 17.7 Å². The van der Waals surface area contributed by atoms with E-state index < -0.39 is 0 Å². The number of nitrogens with two attached hydrogens (primary N) is 1. The predicted molar refractivity (Wildman–Crippen MR) is 72.1 cm³/mol. The average Bonchev–Trinajstić information content (AvgIpc) is 2.35. The van der Waals surface area contributed by atoms with Crippen LogP contribution in [0.15, 0.2) is 0 Å². The third kappa shape index (κ3) is 4.48. The highest BCUT2D eigenvalue weighted by Crippen LogP contribution is 2.25. The van der Waals surface area contributed by atoms with Crippen LogP contribution in [-0.2, 0) is 9.53 Å². The number of carbonyl (C=O) groups excluding carboxylic acids is 1. The molecule has 2 atom stereocenters. The quantitative estimate of drug-likeness (QED) is 0.799. The molecule has 17 heavy (non-hydrogen) atoms. The van der Waals surface area contributed by atoms with E-state index in [1.807, 2.05) is 16.7 Å². The van der Waals surface area contributed by atoms with Gasteiger partial charge in [-0.25, -0.2) is 0 Å². The van der Waals surface area contributed by atoms with Crippen LogP contribution < -0.4 is 5.73 Å². The van der Waals surface area contributed by atoms with Crippen molar-refractivity contribution in [2.24, 2.45) is 11.7 Å². The maximum Gasteiger partial charge on any atom is 0.225 e. The lowest BCUT2D eigenvalue weighted by atomic mass is 10.1. The van der Waals surface area contributed by atoms with Crippen molar-refractivity contribution in [2.45, 2.75) is 31.6 Å². The fourth-order valence-electron chi connectivity index (χ4n) is 1.89. The van der Waals surface area contributed by atoms with Crippen LogP contribution in [0.5, 0.6) is 0 Å². The van der Waals surface area contributed by atoms with Crippen molar-refractivity contribution in [1.29, 1.82) is 0 Å². The van der Waals surface area contributed by atoms with Gasteiger partial charge in [0.2, 0.25) is 5.91 Å². The van der Waals surface area contributed by atoms with Crippen molar-refractivity contribution in [3.05, 3.63) is 0 Å². The normalized spacial score (nSPS) is 22.9. The lowest BCUT2D eigenvalue weighted by Crippen LogP contribution is -2.45. The molecular weight excluding hydrogens is 236 g/mol. The summed E-state index contributed by atoms with van der Waals surface area (Å²) < 4.78 is 5.16. The van der Waals surface area contributed by atoms with Crippen molar-refractivity contribution in [1.82, 2.24) is 4.90 Å². The van der Waals surface area contributed by atoms with Crippen LogP contribution >= 0.6 is 11.8 Å². The first kappa shape index (κ1) is 14.8. The molecule has 1 saturated heterocycles. The first-order valence-corrected chi connectivity index (χ1v) is 7.25. The van der Waals surface area contributed by atoms with E-state index in [4.69, 9.17) is 10.5 Å². The van der Waals surface area contributed by atoms with Gasteiger partial charge in [-0.1, -0.05) is 13.8 Å². The first-order chi connectivity index (χ1) is 8.08. The summed E-state index contributed by atoms with van der Waals surface area (Å²) in [6, 6.07) is 0. The largest absolute Gasteiger partial charge is 0.380 e. The van der Waals surface area contributed by atoms with Crippen LogP contribution in [-0.4, -0.2) is 54.7 Å². The number of hydrogen-bond donors (Lipinski definition) is 1. The SMILES string of the molecule is COC(CN)CC(=O)N1CCSC(C(C)C)C1. The molecule has 0 aromatic heterocycles. The van der Waals surface area contributed by atoms with Crippen molar-refractivity contribution in [3.63, 3.8) is 0 Å². The zero-order valence-corrected chi connectivity index (χ0v) is 11.8. The van der Waals surface area contributed by atoms with Gasteiger partial charge >= 0.3 is 0 Å². The molecule has 5 heteroatoms. The number of rotatable bonds is 5. The van der Waals surface area contributed by atoms with E-state index in [2.05, 4.69) is 13.8 Å². The molecule has 0 aromatic rings. The Hall–Kier alpha value is -0.260. The smallest absolute Gasteiger partial charge is 0.225 e. The van der Waals surface area contributed by atoms with E-state index >= 15 is 0 Å². The highest BCUT2D eigenvalue weighted by Gasteiger charge is 2.27. The van der Waals surface area contributed by atoms with Crippen molar-refractivity contribution < 1.29 is 9.53 Å². The Labute approximate surface area is 108 Å². The van der Waals surface area contributed by atoms with Gasteiger partial charge in [-0.3, -0.25) is 4.79 Å². The number of thioether (sulfide) groups is 1. The minimum absolute atomic E-state index is 0.144. The van der Waals surface area contributed by atoms with Crippen molar-refractivity contribution in [3.8, 4) is 0 Å². The van der Waals surface area contributed by atoms with Crippen LogP contribution in [0.2, 0.25) is 0 Å². The summed E-state index contributed by atoms with van der Waals surface area (Å²) in [5.41, 5.74) is 5.54. The summed E-state index contributed by atoms with van der Waals surface area (Å²) in [5, 5.41) is 0.562. The molecule has 1 amide bonds. The summed E-state index contributed by atoms with van der Waals surface area (Å²) >= 11 is 1.97. The number of nitrogens with zero attached hydrogens (tertiary/aromatic N) is 1. The Morgan fingerprint density at radius 1 is 1.59 bits per heavy atom. The van der Waals surface area contributed by atoms with Crippen LogP contribution in [0.4, 0.5) is 0 Å². The van der Waals surface area contributed by atoms with Gasteiger partial charge < -0.3 is 15.4 Å². The average molecular weight is 260 g/mol. The molecule has 0 spiro atoms. The van der Waals surface area contributed by atoms with Gasteiger partial charge in [-0.2, -0.15) is 11.8 Å². The predicted octanol–water partition coefficient (Wildman–Crippen LogP) is 0.950. The molecule has 4 nitrogen and oxygen atoms in total. The fourth-order valence-corrected chi connectivity index (χ4v) is 3.19. The second kappa shape index (κ2) is 7.24. The summed E-state index contributed by atoms with van der Waals surface area (Å²) in [6.07, 6.45) is 0.261. The molecule has 0 bridgehead atoms. The Balaban J connectivity index is 2.46. The summed E-state index contributed by atoms with van der Waals surface area (Å²) in [5.74, 6) is 1.83. The van der Waals surface area contributed by atoms with E-state index in [1.54, 1.807) is 7.11 Å². The minimum atomic E-state index is -0.144.